The SMILES string of the molecule is CCC/C=C\C/C=C\CCCCCCCC(=O)OC(CC)C(=O)O. The molecule has 0 aromatic rings. The Kier molecular flexibility index (Phi) is 15.2. The van der Waals surface area contributed by atoms with Crippen molar-refractivity contribution in [2.45, 2.75) is 90.6 Å². The Morgan fingerprint density at radius 2 is 1.54 bits per heavy atom. The lowest BCUT2D eigenvalue weighted by atomic mass is 10.1. The molecule has 1 unspecified atom stereocenters. The minimum absolute atomic E-state index is 0.309. The van der Waals surface area contributed by atoms with E-state index in [0.717, 1.165) is 44.9 Å². The molecule has 4 heteroatoms. The van der Waals surface area contributed by atoms with E-state index in [1.807, 2.05) is 0 Å². The first-order valence-corrected chi connectivity index (χ1v) is 9.34. The number of hydrogen-bond donors (Lipinski definition) is 1. The van der Waals surface area contributed by atoms with Crippen LogP contribution in [0.25, 0.3) is 0 Å². The van der Waals surface area contributed by atoms with Crippen LogP contribution in [0.2, 0.25) is 0 Å². The van der Waals surface area contributed by atoms with Crippen LogP contribution in [-0.4, -0.2) is 23.1 Å². The normalized spacial score (nSPS) is 12.8. The van der Waals surface area contributed by atoms with Gasteiger partial charge in [-0.1, -0.05) is 63.8 Å². The number of aliphatic carboxylic acids is 1. The van der Waals surface area contributed by atoms with Crippen LogP contribution in [0.1, 0.15) is 84.5 Å². The predicted molar refractivity (Wildman–Crippen MR) is 97.9 cm³/mol. The van der Waals surface area contributed by atoms with E-state index >= 15 is 0 Å². The highest BCUT2D eigenvalue weighted by Crippen LogP contribution is 2.09. The zero-order valence-electron chi connectivity index (χ0n) is 15.3. The summed E-state index contributed by atoms with van der Waals surface area (Å²) >= 11 is 0. The number of carbonyl (C=O) groups is 2. The van der Waals surface area contributed by atoms with E-state index in [0.29, 0.717) is 12.8 Å². The van der Waals surface area contributed by atoms with Gasteiger partial charge in [0.05, 0.1) is 0 Å². The molecule has 0 aromatic carbocycles. The van der Waals surface area contributed by atoms with Crippen LogP contribution in [0.4, 0.5) is 0 Å². The number of esters is 1. The van der Waals surface area contributed by atoms with Crippen molar-refractivity contribution in [3.05, 3.63) is 24.3 Å². The number of hydrogen-bond acceptors (Lipinski definition) is 3. The lowest BCUT2D eigenvalue weighted by Gasteiger charge is -2.11. The lowest BCUT2D eigenvalue weighted by Crippen LogP contribution is -2.26. The summed E-state index contributed by atoms with van der Waals surface area (Å²) < 4.78 is 4.92. The van der Waals surface area contributed by atoms with Crippen LogP contribution in [0.5, 0.6) is 0 Å². The van der Waals surface area contributed by atoms with E-state index in [9.17, 15) is 9.59 Å². The highest BCUT2D eigenvalue weighted by atomic mass is 16.6. The molecular weight excluding hydrogens is 304 g/mol. The second-order valence-corrected chi connectivity index (χ2v) is 6.00. The Hall–Kier alpha value is -1.58. The average Bonchev–Trinajstić information content (AvgIpc) is 2.56. The van der Waals surface area contributed by atoms with Crippen LogP contribution in [-0.2, 0) is 14.3 Å². The van der Waals surface area contributed by atoms with E-state index in [4.69, 9.17) is 9.84 Å². The fourth-order valence-electron chi connectivity index (χ4n) is 2.26. The Bertz CT molecular complexity index is 385. The molecule has 0 aromatic heterocycles. The van der Waals surface area contributed by atoms with E-state index in [2.05, 4.69) is 31.2 Å². The second kappa shape index (κ2) is 16.3. The van der Waals surface area contributed by atoms with Crippen LogP contribution in [0, 0.1) is 0 Å². The van der Waals surface area contributed by atoms with Gasteiger partial charge >= 0.3 is 11.9 Å². The number of carboxylic acid groups (broad SMARTS) is 1. The Morgan fingerprint density at radius 1 is 0.917 bits per heavy atom. The molecule has 0 saturated carbocycles. The van der Waals surface area contributed by atoms with Gasteiger partial charge in [-0.2, -0.15) is 0 Å². The molecule has 138 valence electrons. The summed E-state index contributed by atoms with van der Waals surface area (Å²) in [4.78, 5) is 22.3. The molecular formula is C20H34O4. The molecule has 0 saturated heterocycles. The summed E-state index contributed by atoms with van der Waals surface area (Å²) in [6.07, 6.45) is 18.2. The van der Waals surface area contributed by atoms with Gasteiger partial charge in [0.25, 0.3) is 0 Å². The molecule has 24 heavy (non-hydrogen) atoms. The van der Waals surface area contributed by atoms with Crippen molar-refractivity contribution in [2.24, 2.45) is 0 Å². The van der Waals surface area contributed by atoms with Gasteiger partial charge in [-0.15, -0.1) is 0 Å². The third-order valence-corrected chi connectivity index (χ3v) is 3.73. The van der Waals surface area contributed by atoms with Gasteiger partial charge < -0.3 is 9.84 Å². The fourth-order valence-corrected chi connectivity index (χ4v) is 2.26. The lowest BCUT2D eigenvalue weighted by molar-refractivity contribution is -0.164. The Balaban J connectivity index is 3.46. The molecule has 0 bridgehead atoms. The van der Waals surface area contributed by atoms with Gasteiger partial charge in [0.15, 0.2) is 6.10 Å². The number of carbonyl (C=O) groups excluding carboxylic acids is 1. The number of allylic oxidation sites excluding steroid dienone is 4. The quantitative estimate of drug-likeness (QED) is 0.246. The van der Waals surface area contributed by atoms with Gasteiger partial charge in [0.1, 0.15) is 0 Å². The Labute approximate surface area is 147 Å². The molecule has 0 spiro atoms. The van der Waals surface area contributed by atoms with E-state index in [1.54, 1.807) is 6.92 Å². The minimum atomic E-state index is -1.07. The predicted octanol–water partition coefficient (Wildman–Crippen LogP) is 5.43. The van der Waals surface area contributed by atoms with Crippen molar-refractivity contribution >= 4 is 11.9 Å². The Morgan fingerprint density at radius 3 is 2.17 bits per heavy atom. The van der Waals surface area contributed by atoms with E-state index < -0.39 is 18.0 Å². The van der Waals surface area contributed by atoms with Crippen LogP contribution in [0.15, 0.2) is 24.3 Å². The summed E-state index contributed by atoms with van der Waals surface area (Å²) in [6.45, 7) is 3.88. The van der Waals surface area contributed by atoms with Gasteiger partial charge in [-0.3, -0.25) is 4.79 Å². The molecule has 0 amide bonds. The second-order valence-electron chi connectivity index (χ2n) is 6.00. The van der Waals surface area contributed by atoms with Crippen LogP contribution >= 0.6 is 0 Å². The standard InChI is InChI=1S/C20H34O4/c1-3-5-6-7-8-9-10-11-12-13-14-15-16-17-19(21)24-18(4-2)20(22)23/h6-7,9-10,18H,3-5,8,11-17H2,1-2H3,(H,22,23)/b7-6-,10-9-. The minimum Gasteiger partial charge on any atom is -0.479 e. The number of carboxylic acids is 1. The zero-order valence-corrected chi connectivity index (χ0v) is 15.3. The molecule has 0 aliphatic rings. The topological polar surface area (TPSA) is 63.6 Å². The molecule has 4 nitrogen and oxygen atoms in total. The highest BCUT2D eigenvalue weighted by molar-refractivity contribution is 5.77. The highest BCUT2D eigenvalue weighted by Gasteiger charge is 2.19. The van der Waals surface area contributed by atoms with Crippen molar-refractivity contribution in [1.29, 1.82) is 0 Å². The van der Waals surface area contributed by atoms with Gasteiger partial charge in [-0.25, -0.2) is 4.79 Å². The molecule has 0 heterocycles. The van der Waals surface area contributed by atoms with Crippen molar-refractivity contribution in [3.63, 3.8) is 0 Å². The van der Waals surface area contributed by atoms with E-state index in [-0.39, 0.29) is 0 Å². The van der Waals surface area contributed by atoms with E-state index in [1.165, 1.54) is 12.8 Å². The molecule has 0 rings (SSSR count). The summed E-state index contributed by atoms with van der Waals surface area (Å²) in [5.41, 5.74) is 0. The fraction of sp³-hybridized carbons (Fsp3) is 0.700. The summed E-state index contributed by atoms with van der Waals surface area (Å²) in [5, 5.41) is 8.82. The number of unbranched alkanes of at least 4 members (excludes halogenated alkanes) is 6. The van der Waals surface area contributed by atoms with Crippen LogP contribution < -0.4 is 0 Å². The maximum atomic E-state index is 11.5. The van der Waals surface area contributed by atoms with Crippen molar-refractivity contribution in [3.8, 4) is 0 Å². The molecule has 0 fully saturated rings. The molecule has 1 N–H and O–H groups in total. The molecule has 0 aliphatic carbocycles. The maximum absolute atomic E-state index is 11.5. The average molecular weight is 338 g/mol. The first kappa shape index (κ1) is 22.4. The van der Waals surface area contributed by atoms with Crippen molar-refractivity contribution in [2.75, 3.05) is 0 Å². The first-order chi connectivity index (χ1) is 11.6. The zero-order chi connectivity index (χ0) is 18.0. The van der Waals surface area contributed by atoms with Crippen LogP contribution in [0.3, 0.4) is 0 Å². The van der Waals surface area contributed by atoms with Gasteiger partial charge in [0.2, 0.25) is 0 Å². The van der Waals surface area contributed by atoms with Gasteiger partial charge in [-0.05, 0) is 38.5 Å². The molecule has 0 radical (unpaired) electrons. The summed E-state index contributed by atoms with van der Waals surface area (Å²) in [6, 6.07) is 0. The number of rotatable bonds is 15. The first-order valence-electron chi connectivity index (χ1n) is 9.34. The monoisotopic (exact) mass is 338 g/mol. The largest absolute Gasteiger partial charge is 0.479 e. The third-order valence-electron chi connectivity index (χ3n) is 3.73. The summed E-state index contributed by atoms with van der Waals surface area (Å²) in [7, 11) is 0. The van der Waals surface area contributed by atoms with Crippen molar-refractivity contribution in [1.82, 2.24) is 0 Å². The molecule has 1 atom stereocenters. The summed E-state index contributed by atoms with van der Waals surface area (Å²) in [5.74, 6) is -1.47. The molecule has 0 aliphatic heterocycles. The van der Waals surface area contributed by atoms with Crippen molar-refractivity contribution < 1.29 is 19.4 Å². The smallest absolute Gasteiger partial charge is 0.345 e. The van der Waals surface area contributed by atoms with Gasteiger partial charge in [0, 0.05) is 6.42 Å². The maximum Gasteiger partial charge on any atom is 0.345 e. The number of ether oxygens (including phenoxy) is 1. The third kappa shape index (κ3) is 14.0.